The number of carbonyl (C=O) groups excluding carboxylic acids is 1. The third kappa shape index (κ3) is 4.33. The number of hydrogen-bond donors (Lipinski definition) is 0. The number of nitrogens with zero attached hydrogens (tertiary/aromatic N) is 4. The lowest BCUT2D eigenvalue weighted by molar-refractivity contribution is -0.132. The van der Waals surface area contributed by atoms with Gasteiger partial charge in [0.1, 0.15) is 16.5 Å². The number of thiophene rings is 1. The lowest BCUT2D eigenvalue weighted by atomic mass is 9.88. The van der Waals surface area contributed by atoms with E-state index in [0.29, 0.717) is 24.2 Å². The third-order valence-corrected chi connectivity index (χ3v) is 8.48. The zero-order valence-corrected chi connectivity index (χ0v) is 20.0. The molecule has 0 radical (unpaired) electrons. The molecular weight excluding hydrogens is 404 g/mol. The Bertz CT molecular complexity index is 939. The van der Waals surface area contributed by atoms with Gasteiger partial charge in [0.25, 0.3) is 0 Å². The Morgan fingerprint density at radius 3 is 2.48 bits per heavy atom. The van der Waals surface area contributed by atoms with Crippen molar-refractivity contribution in [2.24, 2.45) is 5.92 Å². The van der Waals surface area contributed by atoms with E-state index < -0.39 is 0 Å². The standard InChI is InChI=1S/C25H36N4OS/c1-17(2)16-21(30)28-12-14-29(15-13-28)24-22-19-10-6-7-11-20(19)31-25(22)27-23(26-24)18-8-4-3-5-9-18/h17-18H,3-16H2,1-2H3. The van der Waals surface area contributed by atoms with Crippen molar-refractivity contribution in [3.63, 3.8) is 0 Å². The van der Waals surface area contributed by atoms with Gasteiger partial charge in [-0.25, -0.2) is 9.97 Å². The second kappa shape index (κ2) is 9.05. The minimum absolute atomic E-state index is 0.304. The SMILES string of the molecule is CC(C)CC(=O)N1CCN(c2nc(C3CCCCC3)nc3sc4c(c23)CCCC4)CC1. The van der Waals surface area contributed by atoms with Gasteiger partial charge in [0, 0.05) is 43.4 Å². The molecule has 0 bridgehead atoms. The summed E-state index contributed by atoms with van der Waals surface area (Å²) in [6, 6.07) is 0. The van der Waals surface area contributed by atoms with Crippen molar-refractivity contribution in [3.8, 4) is 0 Å². The molecule has 0 unspecified atom stereocenters. The topological polar surface area (TPSA) is 49.3 Å². The first kappa shape index (κ1) is 21.2. The number of carbonyl (C=O) groups is 1. The summed E-state index contributed by atoms with van der Waals surface area (Å²) in [4.78, 5) is 30.2. The highest BCUT2D eigenvalue weighted by Gasteiger charge is 2.29. The van der Waals surface area contributed by atoms with Crippen molar-refractivity contribution >= 4 is 33.3 Å². The molecule has 6 heteroatoms. The monoisotopic (exact) mass is 440 g/mol. The van der Waals surface area contributed by atoms with E-state index in [-0.39, 0.29) is 0 Å². The van der Waals surface area contributed by atoms with Crippen LogP contribution in [-0.4, -0.2) is 47.0 Å². The fourth-order valence-electron chi connectivity index (χ4n) is 5.57. The maximum atomic E-state index is 12.6. The molecule has 0 spiro atoms. The van der Waals surface area contributed by atoms with Crippen molar-refractivity contribution in [2.75, 3.05) is 31.1 Å². The molecule has 2 aromatic heterocycles. The average Bonchev–Trinajstić information content (AvgIpc) is 3.17. The summed E-state index contributed by atoms with van der Waals surface area (Å²) in [6.45, 7) is 7.62. The van der Waals surface area contributed by atoms with Gasteiger partial charge in [0.2, 0.25) is 5.91 Å². The molecule has 5 nitrogen and oxygen atoms in total. The molecule has 5 rings (SSSR count). The molecule has 1 saturated heterocycles. The van der Waals surface area contributed by atoms with Crippen LogP contribution < -0.4 is 4.90 Å². The van der Waals surface area contributed by atoms with Gasteiger partial charge in [0.05, 0.1) is 5.39 Å². The molecule has 3 heterocycles. The summed E-state index contributed by atoms with van der Waals surface area (Å²) < 4.78 is 0. The molecule has 3 aliphatic rings. The van der Waals surface area contributed by atoms with E-state index in [1.165, 1.54) is 79.4 Å². The van der Waals surface area contributed by atoms with Crippen molar-refractivity contribution in [2.45, 2.75) is 84.0 Å². The van der Waals surface area contributed by atoms with Crippen LogP contribution in [0, 0.1) is 5.92 Å². The Hall–Kier alpha value is -1.69. The van der Waals surface area contributed by atoms with Crippen LogP contribution in [0.2, 0.25) is 0 Å². The number of aromatic nitrogens is 2. The summed E-state index contributed by atoms with van der Waals surface area (Å²) in [5.41, 5.74) is 1.52. The minimum Gasteiger partial charge on any atom is -0.352 e. The number of anilines is 1. The third-order valence-electron chi connectivity index (χ3n) is 7.30. The van der Waals surface area contributed by atoms with E-state index in [2.05, 4.69) is 23.6 Å². The van der Waals surface area contributed by atoms with E-state index in [0.717, 1.165) is 32.0 Å². The fraction of sp³-hybridized carbons (Fsp3) is 0.720. The van der Waals surface area contributed by atoms with Gasteiger partial charge in [-0.15, -0.1) is 11.3 Å². The van der Waals surface area contributed by atoms with Gasteiger partial charge in [-0.1, -0.05) is 33.1 Å². The number of amides is 1. The molecule has 1 amide bonds. The molecule has 1 saturated carbocycles. The molecule has 0 atom stereocenters. The molecule has 1 aliphatic heterocycles. The Morgan fingerprint density at radius 2 is 1.74 bits per heavy atom. The highest BCUT2D eigenvalue weighted by molar-refractivity contribution is 7.19. The van der Waals surface area contributed by atoms with Crippen molar-refractivity contribution < 1.29 is 4.79 Å². The second-order valence-electron chi connectivity index (χ2n) is 10.1. The first-order chi connectivity index (χ1) is 15.1. The zero-order chi connectivity index (χ0) is 21.4. The molecule has 31 heavy (non-hydrogen) atoms. The zero-order valence-electron chi connectivity index (χ0n) is 19.2. The molecule has 0 aromatic carbocycles. The van der Waals surface area contributed by atoms with Gasteiger partial charge < -0.3 is 9.80 Å². The molecule has 168 valence electrons. The Balaban J connectivity index is 1.46. The first-order valence-electron chi connectivity index (χ1n) is 12.4. The van der Waals surface area contributed by atoms with Crippen LogP contribution in [0.5, 0.6) is 0 Å². The van der Waals surface area contributed by atoms with Gasteiger partial charge in [0.15, 0.2) is 0 Å². The van der Waals surface area contributed by atoms with Crippen molar-refractivity contribution in [1.29, 1.82) is 0 Å². The Kier molecular flexibility index (Phi) is 6.18. The van der Waals surface area contributed by atoms with E-state index in [1.807, 2.05) is 11.3 Å². The predicted molar refractivity (Wildman–Crippen MR) is 128 cm³/mol. The highest BCUT2D eigenvalue weighted by Crippen LogP contribution is 2.42. The Morgan fingerprint density at radius 1 is 1.00 bits per heavy atom. The first-order valence-corrected chi connectivity index (χ1v) is 13.3. The van der Waals surface area contributed by atoms with Crippen LogP contribution >= 0.6 is 11.3 Å². The minimum atomic E-state index is 0.304. The van der Waals surface area contributed by atoms with E-state index in [9.17, 15) is 4.79 Å². The van der Waals surface area contributed by atoms with E-state index in [1.54, 1.807) is 4.88 Å². The predicted octanol–water partition coefficient (Wildman–Crippen LogP) is 5.31. The largest absolute Gasteiger partial charge is 0.352 e. The molecule has 2 fully saturated rings. The van der Waals surface area contributed by atoms with Crippen molar-refractivity contribution in [1.82, 2.24) is 14.9 Å². The van der Waals surface area contributed by atoms with Crippen molar-refractivity contribution in [3.05, 3.63) is 16.3 Å². The Labute approximate surface area is 190 Å². The number of piperazine rings is 1. The summed E-state index contributed by atoms with van der Waals surface area (Å²) in [5.74, 6) is 3.49. The average molecular weight is 441 g/mol. The number of fused-ring (bicyclic) bond motifs is 3. The highest BCUT2D eigenvalue weighted by atomic mass is 32.1. The summed E-state index contributed by atoms with van der Waals surface area (Å²) in [7, 11) is 0. The van der Waals surface area contributed by atoms with Gasteiger partial charge in [-0.05, 0) is 50.0 Å². The maximum absolute atomic E-state index is 12.6. The maximum Gasteiger partial charge on any atom is 0.222 e. The quantitative estimate of drug-likeness (QED) is 0.646. The van der Waals surface area contributed by atoms with Crippen LogP contribution in [0.4, 0.5) is 5.82 Å². The summed E-state index contributed by atoms with van der Waals surface area (Å²) in [5, 5.41) is 1.33. The summed E-state index contributed by atoms with van der Waals surface area (Å²) in [6.07, 6.45) is 12.0. The molecule has 2 aromatic rings. The van der Waals surface area contributed by atoms with E-state index in [4.69, 9.17) is 9.97 Å². The van der Waals surface area contributed by atoms with Gasteiger partial charge >= 0.3 is 0 Å². The van der Waals surface area contributed by atoms with E-state index >= 15 is 0 Å². The van der Waals surface area contributed by atoms with Crippen LogP contribution in [0.25, 0.3) is 10.2 Å². The number of rotatable bonds is 4. The molecule has 2 aliphatic carbocycles. The van der Waals surface area contributed by atoms with Crippen LogP contribution in [-0.2, 0) is 17.6 Å². The smallest absolute Gasteiger partial charge is 0.222 e. The normalized spacial score (nSPS) is 20.5. The second-order valence-corrected chi connectivity index (χ2v) is 11.2. The fourth-order valence-corrected chi connectivity index (χ4v) is 6.84. The lowest BCUT2D eigenvalue weighted by Crippen LogP contribution is -2.49. The van der Waals surface area contributed by atoms with Crippen LogP contribution in [0.3, 0.4) is 0 Å². The van der Waals surface area contributed by atoms with Gasteiger partial charge in [-0.2, -0.15) is 0 Å². The van der Waals surface area contributed by atoms with Crippen LogP contribution in [0.1, 0.15) is 87.4 Å². The number of aryl methyl sites for hydroxylation is 2. The number of hydrogen-bond acceptors (Lipinski definition) is 5. The summed E-state index contributed by atoms with van der Waals surface area (Å²) >= 11 is 1.93. The van der Waals surface area contributed by atoms with Crippen LogP contribution in [0.15, 0.2) is 0 Å². The lowest BCUT2D eigenvalue weighted by Gasteiger charge is -2.36. The van der Waals surface area contributed by atoms with Gasteiger partial charge in [-0.3, -0.25) is 4.79 Å². The molecular formula is C25H36N4OS. The molecule has 0 N–H and O–H groups in total.